The Hall–Kier alpha value is -0.900. The molecule has 1 unspecified atom stereocenters. The molecule has 4 nitrogen and oxygen atoms in total. The summed E-state index contributed by atoms with van der Waals surface area (Å²) >= 11 is 0. The highest BCUT2D eigenvalue weighted by Crippen LogP contribution is 2.11. The van der Waals surface area contributed by atoms with Gasteiger partial charge in [0.05, 0.1) is 13.2 Å². The Kier molecular flexibility index (Phi) is 5.46. The zero-order chi connectivity index (χ0) is 12.0. The van der Waals surface area contributed by atoms with Crippen molar-refractivity contribution >= 4 is 11.8 Å². The van der Waals surface area contributed by atoms with Crippen LogP contribution in [0.1, 0.15) is 33.1 Å². The Balaban J connectivity index is 2.21. The fraction of sp³-hybridized carbons (Fsp3) is 0.833. The summed E-state index contributed by atoms with van der Waals surface area (Å²) in [7, 11) is 0. The zero-order valence-corrected chi connectivity index (χ0v) is 10.2. The molecule has 1 rings (SSSR count). The number of ether oxygens (including phenoxy) is 1. The maximum Gasteiger partial charge on any atom is 0.320 e. The molecule has 0 aliphatic carbocycles. The Labute approximate surface area is 96.9 Å². The maximum atomic E-state index is 11.4. The molecule has 1 atom stereocenters. The molecule has 1 fully saturated rings. The number of nitrogens with zero attached hydrogens (tertiary/aromatic N) is 1. The highest BCUT2D eigenvalue weighted by Gasteiger charge is 2.24. The molecule has 92 valence electrons. The molecule has 1 aliphatic heterocycles. The van der Waals surface area contributed by atoms with Crippen LogP contribution in [0.3, 0.4) is 0 Å². The van der Waals surface area contributed by atoms with E-state index in [0.717, 1.165) is 12.8 Å². The number of unbranched alkanes of at least 4 members (excludes halogenated alkanes) is 1. The minimum Gasteiger partial charge on any atom is -0.465 e. The summed E-state index contributed by atoms with van der Waals surface area (Å²) < 4.78 is 5.08. The Bertz CT molecular complexity index is 253. The molecule has 0 bridgehead atoms. The molecule has 0 aromatic heterocycles. The van der Waals surface area contributed by atoms with Crippen molar-refractivity contribution < 1.29 is 14.3 Å². The molecule has 0 aromatic carbocycles. The molecule has 0 N–H and O–H groups in total. The highest BCUT2D eigenvalue weighted by atomic mass is 16.5. The third-order valence-electron chi connectivity index (χ3n) is 2.87. The molecule has 4 heteroatoms. The topological polar surface area (TPSA) is 46.6 Å². The van der Waals surface area contributed by atoms with Crippen LogP contribution in [0.25, 0.3) is 0 Å². The van der Waals surface area contributed by atoms with E-state index in [9.17, 15) is 9.59 Å². The molecule has 1 heterocycles. The van der Waals surface area contributed by atoms with E-state index in [-0.39, 0.29) is 11.9 Å². The molecular formula is C12H21NO3. The number of carbonyl (C=O) groups excluding carboxylic acids is 2. The van der Waals surface area contributed by atoms with Crippen LogP contribution in [-0.4, -0.2) is 42.9 Å². The average Bonchev–Trinajstić information content (AvgIpc) is 2.24. The lowest BCUT2D eigenvalue weighted by Crippen LogP contribution is -2.42. The molecule has 0 radical (unpaired) electrons. The van der Waals surface area contributed by atoms with Crippen molar-refractivity contribution in [3.05, 3.63) is 0 Å². The standard InChI is InChI=1S/C12H21NO3/c1-3-4-7-16-12(15)9-13-6-5-11(14)10(2)8-13/h10H,3-9H2,1-2H3. The van der Waals surface area contributed by atoms with E-state index >= 15 is 0 Å². The van der Waals surface area contributed by atoms with E-state index in [1.165, 1.54) is 0 Å². The van der Waals surface area contributed by atoms with Crippen molar-refractivity contribution in [1.82, 2.24) is 4.90 Å². The molecule has 0 spiro atoms. The minimum absolute atomic E-state index is 0.0530. The first-order valence-electron chi connectivity index (χ1n) is 6.04. The van der Waals surface area contributed by atoms with Gasteiger partial charge in [0.2, 0.25) is 0 Å². The normalized spacial score (nSPS) is 22.1. The van der Waals surface area contributed by atoms with E-state index in [2.05, 4.69) is 6.92 Å². The van der Waals surface area contributed by atoms with Gasteiger partial charge in [-0.15, -0.1) is 0 Å². The van der Waals surface area contributed by atoms with Gasteiger partial charge in [-0.25, -0.2) is 0 Å². The van der Waals surface area contributed by atoms with Gasteiger partial charge in [0.15, 0.2) is 0 Å². The lowest BCUT2D eigenvalue weighted by molar-refractivity contribution is -0.146. The lowest BCUT2D eigenvalue weighted by atomic mass is 9.99. The molecular weight excluding hydrogens is 206 g/mol. The van der Waals surface area contributed by atoms with Crippen LogP contribution in [0.4, 0.5) is 0 Å². The van der Waals surface area contributed by atoms with Crippen LogP contribution in [0.15, 0.2) is 0 Å². The first-order chi connectivity index (χ1) is 7.63. The van der Waals surface area contributed by atoms with Gasteiger partial charge in [-0.2, -0.15) is 0 Å². The summed E-state index contributed by atoms with van der Waals surface area (Å²) in [5.74, 6) is 0.183. The Morgan fingerprint density at radius 2 is 2.31 bits per heavy atom. The van der Waals surface area contributed by atoms with Crippen LogP contribution < -0.4 is 0 Å². The first-order valence-corrected chi connectivity index (χ1v) is 6.04. The Morgan fingerprint density at radius 3 is 2.94 bits per heavy atom. The van der Waals surface area contributed by atoms with Gasteiger partial charge in [-0.3, -0.25) is 14.5 Å². The third-order valence-corrected chi connectivity index (χ3v) is 2.87. The van der Waals surface area contributed by atoms with E-state index in [4.69, 9.17) is 4.74 Å². The van der Waals surface area contributed by atoms with Crippen molar-refractivity contribution in [3.63, 3.8) is 0 Å². The molecule has 1 aliphatic rings. The molecule has 0 saturated carbocycles. The summed E-state index contributed by atoms with van der Waals surface area (Å²) in [6, 6.07) is 0. The molecule has 16 heavy (non-hydrogen) atoms. The number of carbonyl (C=O) groups is 2. The van der Waals surface area contributed by atoms with Crippen LogP contribution >= 0.6 is 0 Å². The van der Waals surface area contributed by atoms with Crippen LogP contribution in [0, 0.1) is 5.92 Å². The fourth-order valence-corrected chi connectivity index (χ4v) is 1.80. The van der Waals surface area contributed by atoms with Crippen molar-refractivity contribution in [2.45, 2.75) is 33.1 Å². The second-order valence-corrected chi connectivity index (χ2v) is 4.43. The largest absolute Gasteiger partial charge is 0.465 e. The molecule has 0 amide bonds. The van der Waals surface area contributed by atoms with E-state index in [0.29, 0.717) is 38.4 Å². The van der Waals surface area contributed by atoms with Crippen molar-refractivity contribution in [2.75, 3.05) is 26.2 Å². The number of esters is 1. The van der Waals surface area contributed by atoms with Gasteiger partial charge in [-0.05, 0) is 6.42 Å². The summed E-state index contributed by atoms with van der Waals surface area (Å²) in [6.07, 6.45) is 2.51. The molecule has 1 saturated heterocycles. The number of piperidine rings is 1. The smallest absolute Gasteiger partial charge is 0.320 e. The van der Waals surface area contributed by atoms with Crippen LogP contribution in [0.5, 0.6) is 0 Å². The number of likely N-dealkylation sites (tertiary alicyclic amines) is 1. The maximum absolute atomic E-state index is 11.4. The van der Waals surface area contributed by atoms with Crippen LogP contribution in [0.2, 0.25) is 0 Å². The average molecular weight is 227 g/mol. The number of Topliss-reactive ketones (excluding diaryl/α,β-unsaturated/α-hetero) is 1. The second kappa shape index (κ2) is 6.63. The third kappa shape index (κ3) is 4.31. The summed E-state index contributed by atoms with van der Waals surface area (Å²) in [5, 5.41) is 0. The van der Waals surface area contributed by atoms with Gasteiger partial charge in [0.25, 0.3) is 0 Å². The van der Waals surface area contributed by atoms with Gasteiger partial charge >= 0.3 is 5.97 Å². The van der Waals surface area contributed by atoms with Crippen LogP contribution in [-0.2, 0) is 14.3 Å². The van der Waals surface area contributed by atoms with Gasteiger partial charge in [0.1, 0.15) is 5.78 Å². The SMILES string of the molecule is CCCCOC(=O)CN1CCC(=O)C(C)C1. The van der Waals surface area contributed by atoms with Crippen molar-refractivity contribution in [3.8, 4) is 0 Å². The van der Waals surface area contributed by atoms with E-state index < -0.39 is 0 Å². The van der Waals surface area contributed by atoms with E-state index in [1.54, 1.807) is 0 Å². The number of hydrogen-bond donors (Lipinski definition) is 0. The highest BCUT2D eigenvalue weighted by molar-refractivity contribution is 5.82. The van der Waals surface area contributed by atoms with E-state index in [1.807, 2.05) is 11.8 Å². The van der Waals surface area contributed by atoms with Gasteiger partial charge in [0, 0.05) is 25.4 Å². The summed E-state index contributed by atoms with van der Waals surface area (Å²) in [5.41, 5.74) is 0. The predicted octanol–water partition coefficient (Wildman–Crippen LogP) is 1.24. The fourth-order valence-electron chi connectivity index (χ4n) is 1.80. The number of rotatable bonds is 5. The second-order valence-electron chi connectivity index (χ2n) is 4.43. The van der Waals surface area contributed by atoms with Crippen molar-refractivity contribution in [1.29, 1.82) is 0 Å². The Morgan fingerprint density at radius 1 is 1.56 bits per heavy atom. The first kappa shape index (κ1) is 13.2. The van der Waals surface area contributed by atoms with Gasteiger partial charge in [-0.1, -0.05) is 20.3 Å². The predicted molar refractivity (Wildman–Crippen MR) is 61.1 cm³/mol. The lowest BCUT2D eigenvalue weighted by Gasteiger charge is -2.28. The van der Waals surface area contributed by atoms with Gasteiger partial charge < -0.3 is 4.74 Å². The summed E-state index contributed by atoms with van der Waals surface area (Å²) in [6.45, 7) is 6.18. The zero-order valence-electron chi connectivity index (χ0n) is 10.2. The van der Waals surface area contributed by atoms with Crippen molar-refractivity contribution in [2.24, 2.45) is 5.92 Å². The monoisotopic (exact) mass is 227 g/mol. The minimum atomic E-state index is -0.171. The summed E-state index contributed by atoms with van der Waals surface area (Å²) in [4.78, 5) is 24.7. The quantitative estimate of drug-likeness (QED) is 0.523. The molecule has 0 aromatic rings. The number of ketones is 1. The number of hydrogen-bond acceptors (Lipinski definition) is 4.